The van der Waals surface area contributed by atoms with Gasteiger partial charge in [-0.05, 0) is 24.6 Å². The van der Waals surface area contributed by atoms with E-state index in [0.717, 1.165) is 11.3 Å². The standard InChI is InChI=1S/C13H22N2O/c1-9(2)10-5-6-13(16-4)11(7-10)12(8-14)15-3/h5-7,9,12,15H,8,14H2,1-4H3. The molecular formula is C13H22N2O. The predicted octanol–water partition coefficient (Wildman–Crippen LogP) is 2.04. The van der Waals surface area contributed by atoms with Crippen molar-refractivity contribution in [2.75, 3.05) is 20.7 Å². The molecule has 0 fully saturated rings. The minimum atomic E-state index is 0.147. The topological polar surface area (TPSA) is 47.3 Å². The van der Waals surface area contributed by atoms with Gasteiger partial charge in [0, 0.05) is 18.2 Å². The van der Waals surface area contributed by atoms with Crippen molar-refractivity contribution in [1.29, 1.82) is 0 Å². The Morgan fingerprint density at radius 2 is 2.06 bits per heavy atom. The second-order valence-corrected chi connectivity index (χ2v) is 4.23. The monoisotopic (exact) mass is 222 g/mol. The largest absolute Gasteiger partial charge is 0.496 e. The van der Waals surface area contributed by atoms with E-state index in [1.807, 2.05) is 13.1 Å². The Morgan fingerprint density at radius 3 is 2.50 bits per heavy atom. The van der Waals surface area contributed by atoms with Gasteiger partial charge in [0.1, 0.15) is 5.75 Å². The quantitative estimate of drug-likeness (QED) is 0.801. The molecule has 0 aliphatic carbocycles. The van der Waals surface area contributed by atoms with E-state index < -0.39 is 0 Å². The SMILES string of the molecule is CNC(CN)c1cc(C(C)C)ccc1OC. The van der Waals surface area contributed by atoms with Gasteiger partial charge in [-0.25, -0.2) is 0 Å². The van der Waals surface area contributed by atoms with E-state index in [1.54, 1.807) is 7.11 Å². The fourth-order valence-electron chi connectivity index (χ4n) is 1.78. The van der Waals surface area contributed by atoms with Gasteiger partial charge in [-0.15, -0.1) is 0 Å². The maximum Gasteiger partial charge on any atom is 0.123 e. The van der Waals surface area contributed by atoms with E-state index in [9.17, 15) is 0 Å². The summed E-state index contributed by atoms with van der Waals surface area (Å²) in [5, 5.41) is 3.20. The van der Waals surface area contributed by atoms with E-state index in [1.165, 1.54) is 5.56 Å². The number of methoxy groups -OCH3 is 1. The van der Waals surface area contributed by atoms with E-state index in [-0.39, 0.29) is 6.04 Å². The molecule has 0 aliphatic heterocycles. The van der Waals surface area contributed by atoms with Crippen molar-refractivity contribution in [3.05, 3.63) is 29.3 Å². The van der Waals surface area contributed by atoms with Crippen LogP contribution in [0.1, 0.15) is 36.9 Å². The van der Waals surface area contributed by atoms with Crippen molar-refractivity contribution in [3.63, 3.8) is 0 Å². The third kappa shape index (κ3) is 2.74. The number of hydrogen-bond acceptors (Lipinski definition) is 3. The second-order valence-electron chi connectivity index (χ2n) is 4.23. The normalized spacial score (nSPS) is 12.9. The van der Waals surface area contributed by atoms with Crippen LogP contribution in [0.25, 0.3) is 0 Å². The van der Waals surface area contributed by atoms with Gasteiger partial charge < -0.3 is 15.8 Å². The first-order chi connectivity index (χ1) is 7.63. The molecule has 0 amide bonds. The molecule has 16 heavy (non-hydrogen) atoms. The number of nitrogens with two attached hydrogens (primary N) is 1. The first-order valence-corrected chi connectivity index (χ1v) is 5.69. The molecule has 1 aromatic carbocycles. The number of likely N-dealkylation sites (N-methyl/N-ethyl adjacent to an activating group) is 1. The summed E-state index contributed by atoms with van der Waals surface area (Å²) in [5.74, 6) is 1.41. The van der Waals surface area contributed by atoms with Crippen LogP contribution in [0, 0.1) is 0 Å². The van der Waals surface area contributed by atoms with Crippen molar-refractivity contribution >= 4 is 0 Å². The molecule has 0 spiro atoms. The van der Waals surface area contributed by atoms with Crippen LogP contribution in [0.15, 0.2) is 18.2 Å². The molecule has 1 unspecified atom stereocenters. The van der Waals surface area contributed by atoms with Crippen molar-refractivity contribution in [3.8, 4) is 5.75 Å². The van der Waals surface area contributed by atoms with Crippen molar-refractivity contribution in [2.45, 2.75) is 25.8 Å². The molecule has 3 heteroatoms. The Kier molecular flexibility index (Phi) is 4.77. The summed E-state index contributed by atoms with van der Waals surface area (Å²) >= 11 is 0. The van der Waals surface area contributed by atoms with Crippen LogP contribution in [0.2, 0.25) is 0 Å². The van der Waals surface area contributed by atoms with Crippen molar-refractivity contribution in [2.24, 2.45) is 5.73 Å². The summed E-state index contributed by atoms with van der Waals surface area (Å²) in [5.41, 5.74) is 8.19. The van der Waals surface area contributed by atoms with Gasteiger partial charge in [-0.1, -0.05) is 26.0 Å². The molecule has 1 rings (SSSR count). The Bertz CT molecular complexity index is 333. The van der Waals surface area contributed by atoms with Gasteiger partial charge in [-0.2, -0.15) is 0 Å². The lowest BCUT2D eigenvalue weighted by molar-refractivity contribution is 0.402. The first kappa shape index (κ1) is 13.0. The smallest absolute Gasteiger partial charge is 0.123 e. The summed E-state index contributed by atoms with van der Waals surface area (Å²) in [4.78, 5) is 0. The van der Waals surface area contributed by atoms with Crippen LogP contribution in [0.4, 0.5) is 0 Å². The molecule has 3 nitrogen and oxygen atoms in total. The first-order valence-electron chi connectivity index (χ1n) is 5.69. The third-order valence-electron chi connectivity index (χ3n) is 2.88. The Labute approximate surface area is 98.0 Å². The molecule has 0 saturated heterocycles. The highest BCUT2D eigenvalue weighted by Gasteiger charge is 2.14. The summed E-state index contributed by atoms with van der Waals surface area (Å²) in [7, 11) is 3.61. The van der Waals surface area contributed by atoms with Crippen molar-refractivity contribution in [1.82, 2.24) is 5.32 Å². The van der Waals surface area contributed by atoms with E-state index >= 15 is 0 Å². The molecule has 3 N–H and O–H groups in total. The average Bonchev–Trinajstić information content (AvgIpc) is 2.30. The Balaban J connectivity index is 3.15. The summed E-state index contributed by atoms with van der Waals surface area (Å²) in [6, 6.07) is 6.45. The van der Waals surface area contributed by atoms with Crippen LogP contribution in [-0.4, -0.2) is 20.7 Å². The number of hydrogen-bond donors (Lipinski definition) is 2. The van der Waals surface area contributed by atoms with Crippen LogP contribution >= 0.6 is 0 Å². The van der Waals surface area contributed by atoms with Crippen molar-refractivity contribution < 1.29 is 4.74 Å². The fraction of sp³-hybridized carbons (Fsp3) is 0.538. The fourth-order valence-corrected chi connectivity index (χ4v) is 1.78. The third-order valence-corrected chi connectivity index (χ3v) is 2.88. The Hall–Kier alpha value is -1.06. The van der Waals surface area contributed by atoms with E-state index in [2.05, 4.69) is 31.3 Å². The lowest BCUT2D eigenvalue weighted by Crippen LogP contribution is -2.25. The zero-order valence-corrected chi connectivity index (χ0v) is 10.6. The molecule has 0 saturated carbocycles. The van der Waals surface area contributed by atoms with Crippen LogP contribution in [0.3, 0.4) is 0 Å². The number of ether oxygens (including phenoxy) is 1. The predicted molar refractivity (Wildman–Crippen MR) is 67.9 cm³/mol. The molecule has 90 valence electrons. The lowest BCUT2D eigenvalue weighted by atomic mass is 9.97. The lowest BCUT2D eigenvalue weighted by Gasteiger charge is -2.19. The van der Waals surface area contributed by atoms with Gasteiger partial charge >= 0.3 is 0 Å². The molecule has 0 aliphatic rings. The zero-order chi connectivity index (χ0) is 12.1. The second kappa shape index (κ2) is 5.87. The number of nitrogens with one attached hydrogen (secondary N) is 1. The van der Waals surface area contributed by atoms with Crippen LogP contribution < -0.4 is 15.8 Å². The number of benzene rings is 1. The summed E-state index contributed by atoms with van der Waals surface area (Å²) in [6.45, 7) is 4.93. The molecular weight excluding hydrogens is 200 g/mol. The van der Waals surface area contributed by atoms with E-state index in [4.69, 9.17) is 10.5 Å². The van der Waals surface area contributed by atoms with Gasteiger partial charge in [0.05, 0.1) is 7.11 Å². The average molecular weight is 222 g/mol. The highest BCUT2D eigenvalue weighted by Crippen LogP contribution is 2.28. The van der Waals surface area contributed by atoms with E-state index in [0.29, 0.717) is 12.5 Å². The van der Waals surface area contributed by atoms with Crippen LogP contribution in [0.5, 0.6) is 5.75 Å². The minimum Gasteiger partial charge on any atom is -0.496 e. The molecule has 1 aromatic rings. The van der Waals surface area contributed by atoms with Gasteiger partial charge in [0.15, 0.2) is 0 Å². The summed E-state index contributed by atoms with van der Waals surface area (Å²) in [6.07, 6.45) is 0. The molecule has 0 radical (unpaired) electrons. The van der Waals surface area contributed by atoms with Gasteiger partial charge in [0.2, 0.25) is 0 Å². The maximum atomic E-state index is 5.75. The maximum absolute atomic E-state index is 5.75. The highest BCUT2D eigenvalue weighted by molar-refractivity contribution is 5.40. The molecule has 0 bridgehead atoms. The zero-order valence-electron chi connectivity index (χ0n) is 10.6. The van der Waals surface area contributed by atoms with Gasteiger partial charge in [0.25, 0.3) is 0 Å². The minimum absolute atomic E-state index is 0.147. The molecule has 0 aromatic heterocycles. The summed E-state index contributed by atoms with van der Waals surface area (Å²) < 4.78 is 5.37. The highest BCUT2D eigenvalue weighted by atomic mass is 16.5. The Morgan fingerprint density at radius 1 is 1.38 bits per heavy atom. The van der Waals surface area contributed by atoms with Crippen LogP contribution in [-0.2, 0) is 0 Å². The molecule has 0 heterocycles. The molecule has 1 atom stereocenters. The number of rotatable bonds is 5. The van der Waals surface area contributed by atoms with Gasteiger partial charge in [-0.3, -0.25) is 0 Å².